The summed E-state index contributed by atoms with van der Waals surface area (Å²) in [7, 11) is 2.25. The summed E-state index contributed by atoms with van der Waals surface area (Å²) in [6.07, 6.45) is 2.53. The average Bonchev–Trinajstić information content (AvgIpc) is 2.10. The molecule has 0 aromatic carbocycles. The fraction of sp³-hybridized carbons (Fsp3) is 1.00. The van der Waals surface area contributed by atoms with Crippen molar-refractivity contribution in [3.8, 4) is 0 Å². The number of hydrogen-bond donors (Lipinski definition) is 0. The Hall–Kier alpha value is -0.0400. The molecule has 0 aliphatic carbocycles. The van der Waals surface area contributed by atoms with Crippen LogP contribution in [0.1, 0.15) is 54.4 Å². The van der Waals surface area contributed by atoms with Gasteiger partial charge < -0.3 is 4.90 Å². The highest BCUT2D eigenvalue weighted by molar-refractivity contribution is 4.76. The fourth-order valence-electron chi connectivity index (χ4n) is 1.85. The first-order valence-corrected chi connectivity index (χ1v) is 6.03. The molecule has 0 N–H and O–H groups in total. The normalized spacial score (nSPS) is 17.1. The second-order valence-electron chi connectivity index (χ2n) is 5.67. The third-order valence-corrected chi connectivity index (χ3v) is 3.57. The summed E-state index contributed by atoms with van der Waals surface area (Å²) in [5.74, 6) is 0.807. The zero-order chi connectivity index (χ0) is 11.4. The molecule has 0 bridgehead atoms. The molecule has 0 saturated carbocycles. The van der Waals surface area contributed by atoms with Crippen LogP contribution in [-0.2, 0) is 0 Å². The Morgan fingerprint density at radius 3 is 1.86 bits per heavy atom. The Bertz CT molecular complexity index is 146. The van der Waals surface area contributed by atoms with Crippen molar-refractivity contribution in [2.75, 3.05) is 13.6 Å². The lowest BCUT2D eigenvalue weighted by Crippen LogP contribution is -2.37. The molecular weight excluding hydrogens is 170 g/mol. The van der Waals surface area contributed by atoms with Crippen molar-refractivity contribution >= 4 is 0 Å². The average molecular weight is 199 g/mol. The van der Waals surface area contributed by atoms with E-state index in [0.29, 0.717) is 11.5 Å². The van der Waals surface area contributed by atoms with Crippen LogP contribution in [0, 0.1) is 11.3 Å². The van der Waals surface area contributed by atoms with Crippen molar-refractivity contribution in [1.82, 2.24) is 4.90 Å². The van der Waals surface area contributed by atoms with Gasteiger partial charge in [-0.25, -0.2) is 0 Å². The van der Waals surface area contributed by atoms with Crippen LogP contribution >= 0.6 is 0 Å². The van der Waals surface area contributed by atoms with E-state index in [1.54, 1.807) is 0 Å². The smallest absolute Gasteiger partial charge is 0.00613 e. The van der Waals surface area contributed by atoms with Crippen molar-refractivity contribution in [3.63, 3.8) is 0 Å². The van der Waals surface area contributed by atoms with Crippen molar-refractivity contribution in [2.24, 2.45) is 11.3 Å². The summed E-state index contributed by atoms with van der Waals surface area (Å²) in [6.45, 7) is 15.2. The summed E-state index contributed by atoms with van der Waals surface area (Å²) < 4.78 is 0. The van der Waals surface area contributed by atoms with Crippen LogP contribution < -0.4 is 0 Å². The molecule has 0 aromatic rings. The Morgan fingerprint density at radius 1 is 1.07 bits per heavy atom. The van der Waals surface area contributed by atoms with E-state index < -0.39 is 0 Å². The maximum absolute atomic E-state index is 2.50. The van der Waals surface area contributed by atoms with Gasteiger partial charge in [0.05, 0.1) is 0 Å². The molecule has 0 spiro atoms. The fourth-order valence-corrected chi connectivity index (χ4v) is 1.85. The lowest BCUT2D eigenvalue weighted by molar-refractivity contribution is 0.136. The third-order valence-electron chi connectivity index (χ3n) is 3.57. The quantitative estimate of drug-likeness (QED) is 0.651. The van der Waals surface area contributed by atoms with Gasteiger partial charge in [-0.2, -0.15) is 0 Å². The van der Waals surface area contributed by atoms with Gasteiger partial charge in [0.15, 0.2) is 0 Å². The second kappa shape index (κ2) is 5.75. The lowest BCUT2D eigenvalue weighted by Gasteiger charge is -2.35. The highest BCUT2D eigenvalue weighted by Gasteiger charge is 2.24. The number of nitrogens with zero attached hydrogens (tertiary/aromatic N) is 1. The van der Waals surface area contributed by atoms with Gasteiger partial charge in [-0.15, -0.1) is 0 Å². The minimum Gasteiger partial charge on any atom is -0.303 e. The Morgan fingerprint density at radius 2 is 1.57 bits per heavy atom. The van der Waals surface area contributed by atoms with E-state index in [1.807, 2.05) is 0 Å². The van der Waals surface area contributed by atoms with Gasteiger partial charge in [0.1, 0.15) is 0 Å². The van der Waals surface area contributed by atoms with Crippen molar-refractivity contribution in [1.29, 1.82) is 0 Å². The van der Waals surface area contributed by atoms with E-state index in [0.717, 1.165) is 5.92 Å². The molecule has 1 nitrogen and oxygen atoms in total. The molecule has 0 saturated heterocycles. The van der Waals surface area contributed by atoms with Gasteiger partial charge in [0.25, 0.3) is 0 Å². The van der Waals surface area contributed by atoms with E-state index in [1.165, 1.54) is 19.4 Å². The first-order valence-electron chi connectivity index (χ1n) is 6.03. The minimum atomic E-state index is 0.441. The highest BCUT2D eigenvalue weighted by atomic mass is 15.1. The van der Waals surface area contributed by atoms with Gasteiger partial charge >= 0.3 is 0 Å². The summed E-state index contributed by atoms with van der Waals surface area (Å²) >= 11 is 0. The molecule has 86 valence electrons. The largest absolute Gasteiger partial charge is 0.303 e. The molecule has 0 aliphatic heterocycles. The molecule has 2 atom stereocenters. The van der Waals surface area contributed by atoms with Crippen LogP contribution in [0.3, 0.4) is 0 Å². The zero-order valence-corrected chi connectivity index (χ0v) is 11.2. The topological polar surface area (TPSA) is 3.24 Å². The van der Waals surface area contributed by atoms with Gasteiger partial charge in [-0.1, -0.05) is 41.0 Å². The molecule has 0 rings (SSSR count). The van der Waals surface area contributed by atoms with Crippen LogP contribution in [0.2, 0.25) is 0 Å². The molecule has 0 aromatic heterocycles. The van der Waals surface area contributed by atoms with E-state index >= 15 is 0 Å². The predicted molar refractivity (Wildman–Crippen MR) is 65.6 cm³/mol. The monoisotopic (exact) mass is 199 g/mol. The Labute approximate surface area is 90.9 Å². The van der Waals surface area contributed by atoms with E-state index in [2.05, 4.69) is 53.5 Å². The summed E-state index contributed by atoms with van der Waals surface area (Å²) in [6, 6.07) is 0.714. The Kier molecular flexibility index (Phi) is 5.73. The minimum absolute atomic E-state index is 0.441. The number of hydrogen-bond acceptors (Lipinski definition) is 1. The first-order chi connectivity index (χ1) is 6.32. The maximum Gasteiger partial charge on any atom is 0.00613 e. The van der Waals surface area contributed by atoms with E-state index in [4.69, 9.17) is 0 Å². The zero-order valence-electron chi connectivity index (χ0n) is 11.2. The second-order valence-corrected chi connectivity index (χ2v) is 5.67. The molecule has 14 heavy (non-hydrogen) atoms. The van der Waals surface area contributed by atoms with Gasteiger partial charge in [0, 0.05) is 12.6 Å². The third kappa shape index (κ3) is 4.45. The van der Waals surface area contributed by atoms with Gasteiger partial charge in [0.2, 0.25) is 0 Å². The van der Waals surface area contributed by atoms with Crippen molar-refractivity contribution in [3.05, 3.63) is 0 Å². The van der Waals surface area contributed by atoms with Crippen LogP contribution in [0.15, 0.2) is 0 Å². The number of rotatable bonds is 5. The molecule has 1 heteroatoms. The summed E-state index contributed by atoms with van der Waals surface area (Å²) in [5, 5.41) is 0. The van der Waals surface area contributed by atoms with E-state index in [9.17, 15) is 0 Å². The standard InChI is InChI=1S/C13H29N/c1-8-11(3)14(7)10-12(9-2)13(4,5)6/h11-12H,8-10H2,1-7H3. The SMILES string of the molecule is CCC(C)N(C)CC(CC)C(C)(C)C. The summed E-state index contributed by atoms with van der Waals surface area (Å²) in [5.41, 5.74) is 0.441. The van der Waals surface area contributed by atoms with E-state index in [-0.39, 0.29) is 0 Å². The van der Waals surface area contributed by atoms with Crippen molar-refractivity contribution < 1.29 is 0 Å². The van der Waals surface area contributed by atoms with Gasteiger partial charge in [-0.3, -0.25) is 0 Å². The van der Waals surface area contributed by atoms with Crippen LogP contribution in [0.5, 0.6) is 0 Å². The van der Waals surface area contributed by atoms with Crippen LogP contribution in [-0.4, -0.2) is 24.5 Å². The molecule has 0 heterocycles. The highest BCUT2D eigenvalue weighted by Crippen LogP contribution is 2.29. The van der Waals surface area contributed by atoms with Gasteiger partial charge in [-0.05, 0) is 31.7 Å². The molecular formula is C13H29N. The molecule has 0 radical (unpaired) electrons. The van der Waals surface area contributed by atoms with Crippen molar-refractivity contribution in [2.45, 2.75) is 60.4 Å². The lowest BCUT2D eigenvalue weighted by atomic mass is 9.78. The molecule has 2 unspecified atom stereocenters. The Balaban J connectivity index is 4.19. The predicted octanol–water partition coefficient (Wildman–Crippen LogP) is 3.79. The molecule has 0 amide bonds. The first kappa shape index (κ1) is 14.0. The van der Waals surface area contributed by atoms with Crippen LogP contribution in [0.4, 0.5) is 0 Å². The molecule has 0 fully saturated rings. The molecule has 0 aliphatic rings. The maximum atomic E-state index is 2.50. The van der Waals surface area contributed by atoms with Crippen LogP contribution in [0.25, 0.3) is 0 Å². The summed E-state index contributed by atoms with van der Waals surface area (Å²) in [4.78, 5) is 2.50.